The molecule has 1 heterocycles. The molecule has 2 aliphatic carbocycles. The van der Waals surface area contributed by atoms with Gasteiger partial charge in [-0.1, -0.05) is 12.1 Å². The molecule has 0 bridgehead atoms. The number of carbonyl (C=O) groups is 3. The zero-order valence-electron chi connectivity index (χ0n) is 21.2. The number of hydrogen-bond donors (Lipinski definition) is 6. The van der Waals surface area contributed by atoms with Crippen molar-refractivity contribution in [2.24, 2.45) is 5.73 Å². The van der Waals surface area contributed by atoms with Crippen LogP contribution in [0.4, 0.5) is 0 Å². The largest absolute Gasteiger partial charge is 0.507 e. The number of hydrogen-bond acceptors (Lipinski definition) is 12. The van der Waals surface area contributed by atoms with E-state index in [0.29, 0.717) is 0 Å². The van der Waals surface area contributed by atoms with Crippen LogP contribution < -0.4 is 10.5 Å². The summed E-state index contributed by atoms with van der Waals surface area (Å²) in [7, 11) is 1.32. The highest BCUT2D eigenvalue weighted by atomic mass is 16.7. The molecule has 0 saturated carbocycles. The van der Waals surface area contributed by atoms with E-state index < -0.39 is 95.7 Å². The van der Waals surface area contributed by atoms with Crippen molar-refractivity contribution in [1.29, 1.82) is 0 Å². The molecule has 208 valence electrons. The van der Waals surface area contributed by atoms with Crippen molar-refractivity contribution in [2.45, 2.75) is 62.4 Å². The molecule has 1 aliphatic heterocycles. The lowest BCUT2D eigenvalue weighted by atomic mass is 9.72. The van der Waals surface area contributed by atoms with Crippen molar-refractivity contribution in [3.63, 3.8) is 0 Å². The quantitative estimate of drug-likeness (QED) is 0.235. The minimum Gasteiger partial charge on any atom is -0.507 e. The number of aliphatic hydroxyl groups is 3. The van der Waals surface area contributed by atoms with Gasteiger partial charge in [0, 0.05) is 42.0 Å². The molecule has 0 spiro atoms. The van der Waals surface area contributed by atoms with Crippen molar-refractivity contribution in [1.82, 2.24) is 0 Å². The third-order valence-corrected chi connectivity index (χ3v) is 7.81. The number of methoxy groups -OCH3 is 1. The molecule has 3 aliphatic rings. The van der Waals surface area contributed by atoms with Crippen LogP contribution in [0.3, 0.4) is 0 Å². The number of nitrogens with two attached hydrogens (primary N) is 1. The second kappa shape index (κ2) is 9.66. The van der Waals surface area contributed by atoms with Crippen molar-refractivity contribution >= 4 is 17.3 Å². The van der Waals surface area contributed by atoms with Crippen LogP contribution in [-0.4, -0.2) is 86.7 Å². The summed E-state index contributed by atoms with van der Waals surface area (Å²) in [5.74, 6) is -3.77. The first kappa shape index (κ1) is 27.2. The number of phenolic OH excluding ortho intramolecular Hbond substituents is 2. The Hall–Kier alpha value is -3.39. The Labute approximate surface area is 222 Å². The maximum Gasteiger partial charge on any atom is 0.202 e. The van der Waals surface area contributed by atoms with Crippen molar-refractivity contribution in [2.75, 3.05) is 13.7 Å². The molecular weight excluding hydrogens is 514 g/mol. The third-order valence-electron chi connectivity index (χ3n) is 7.81. The molecular formula is C27H29NO11. The van der Waals surface area contributed by atoms with E-state index in [9.17, 15) is 39.9 Å². The molecule has 5 rings (SSSR count). The normalized spacial score (nSPS) is 29.8. The van der Waals surface area contributed by atoms with Crippen LogP contribution in [0.1, 0.15) is 68.8 Å². The van der Waals surface area contributed by atoms with E-state index in [0.717, 1.165) is 0 Å². The molecule has 1 saturated heterocycles. The van der Waals surface area contributed by atoms with Gasteiger partial charge in [0.2, 0.25) is 5.78 Å². The summed E-state index contributed by atoms with van der Waals surface area (Å²) in [4.78, 5) is 39.7. The summed E-state index contributed by atoms with van der Waals surface area (Å²) in [6.07, 6.45) is -5.12. The van der Waals surface area contributed by atoms with Gasteiger partial charge in [0.15, 0.2) is 17.9 Å². The van der Waals surface area contributed by atoms with Crippen LogP contribution in [0.15, 0.2) is 18.2 Å². The zero-order chi connectivity index (χ0) is 28.4. The number of phenols is 2. The number of rotatable bonds is 5. The number of Topliss-reactive ketones (excluding diaryl/α,β-unsaturated/α-hetero) is 1. The summed E-state index contributed by atoms with van der Waals surface area (Å²) in [5, 5.41) is 53.7. The van der Waals surface area contributed by atoms with Gasteiger partial charge in [-0.05, 0) is 13.0 Å². The maximum absolute atomic E-state index is 13.6. The molecule has 12 nitrogen and oxygen atoms in total. The SMILES string of the molecule is COc1cccc2c1C(=O)c1c(O)c3c(c(O)c1C2=O)C[C@@](O)(C(=O)CO)CC3O[C@H]1C[C@@H](N)[C@H](O)[C@@H](C)O1. The Bertz CT molecular complexity index is 1380. The average Bonchev–Trinajstić information content (AvgIpc) is 2.90. The number of ketones is 3. The summed E-state index contributed by atoms with van der Waals surface area (Å²) in [5.41, 5.74) is 2.37. The number of aliphatic hydroxyl groups excluding tert-OH is 2. The fourth-order valence-electron chi connectivity index (χ4n) is 5.75. The van der Waals surface area contributed by atoms with Gasteiger partial charge in [0.1, 0.15) is 29.5 Å². The van der Waals surface area contributed by atoms with Crippen LogP contribution in [0, 0.1) is 0 Å². The molecule has 2 aromatic carbocycles. The molecule has 1 fully saturated rings. The predicted octanol–water partition coefficient (Wildman–Crippen LogP) is 0.00130. The number of fused-ring (bicyclic) bond motifs is 3. The van der Waals surface area contributed by atoms with Crippen molar-refractivity contribution in [3.05, 3.63) is 51.6 Å². The highest BCUT2D eigenvalue weighted by molar-refractivity contribution is 6.31. The summed E-state index contributed by atoms with van der Waals surface area (Å²) >= 11 is 0. The van der Waals surface area contributed by atoms with Crippen LogP contribution in [0.25, 0.3) is 0 Å². The predicted molar refractivity (Wildman–Crippen MR) is 132 cm³/mol. The van der Waals surface area contributed by atoms with E-state index >= 15 is 0 Å². The van der Waals surface area contributed by atoms with Gasteiger partial charge in [-0.3, -0.25) is 14.4 Å². The first-order valence-electron chi connectivity index (χ1n) is 12.4. The van der Waals surface area contributed by atoms with E-state index in [1.54, 1.807) is 6.92 Å². The van der Waals surface area contributed by atoms with Gasteiger partial charge in [-0.15, -0.1) is 0 Å². The maximum atomic E-state index is 13.6. The number of benzene rings is 2. The second-order valence-corrected chi connectivity index (χ2v) is 10.2. The Morgan fingerprint density at radius 3 is 2.49 bits per heavy atom. The monoisotopic (exact) mass is 543 g/mol. The molecule has 0 aromatic heterocycles. The van der Waals surface area contributed by atoms with Gasteiger partial charge in [-0.2, -0.15) is 0 Å². The molecule has 39 heavy (non-hydrogen) atoms. The fourth-order valence-corrected chi connectivity index (χ4v) is 5.75. The third kappa shape index (κ3) is 4.11. The molecule has 0 radical (unpaired) electrons. The van der Waals surface area contributed by atoms with E-state index in [-0.39, 0.29) is 34.4 Å². The van der Waals surface area contributed by atoms with Gasteiger partial charge >= 0.3 is 0 Å². The summed E-state index contributed by atoms with van der Waals surface area (Å²) < 4.78 is 17.0. The highest BCUT2D eigenvalue weighted by Gasteiger charge is 2.50. The van der Waals surface area contributed by atoms with Crippen LogP contribution in [0.2, 0.25) is 0 Å². The van der Waals surface area contributed by atoms with Crippen molar-refractivity contribution in [3.8, 4) is 17.2 Å². The Balaban J connectivity index is 1.69. The lowest BCUT2D eigenvalue weighted by molar-refractivity contribution is -0.247. The number of carbonyl (C=O) groups excluding carboxylic acids is 3. The highest BCUT2D eigenvalue weighted by Crippen LogP contribution is 2.52. The van der Waals surface area contributed by atoms with E-state index in [1.807, 2.05) is 0 Å². The lowest BCUT2D eigenvalue weighted by Gasteiger charge is -2.42. The lowest BCUT2D eigenvalue weighted by Crippen LogP contribution is -2.53. The fraction of sp³-hybridized carbons (Fsp3) is 0.444. The first-order chi connectivity index (χ1) is 18.4. The summed E-state index contributed by atoms with van der Waals surface area (Å²) in [6.45, 7) is 0.560. The first-order valence-corrected chi connectivity index (χ1v) is 12.4. The number of ether oxygens (including phenoxy) is 3. The summed E-state index contributed by atoms with van der Waals surface area (Å²) in [6, 6.07) is 3.64. The molecule has 12 heteroatoms. The minimum absolute atomic E-state index is 0.0173. The van der Waals surface area contributed by atoms with Gasteiger partial charge < -0.3 is 45.5 Å². The van der Waals surface area contributed by atoms with Crippen molar-refractivity contribution < 1.29 is 54.1 Å². The van der Waals surface area contributed by atoms with E-state index in [4.69, 9.17) is 19.9 Å². The smallest absolute Gasteiger partial charge is 0.202 e. The average molecular weight is 544 g/mol. The molecule has 0 amide bonds. The standard InChI is InChI=1S/C27H29NO11/c1-10-22(31)13(28)6-17(38-10)39-15-8-27(36,16(30)9-29)7-12-19(15)26(35)21-20(24(12)33)23(32)11-4-3-5-14(37-2)18(11)25(21)34/h3-5,10,13,15,17,22,29,31,33,35-36H,6-9,28H2,1-2H3/t10-,13-,15?,17+,22-,27+/m1/s1. The minimum atomic E-state index is -2.24. The molecule has 6 atom stereocenters. The van der Waals surface area contributed by atoms with Gasteiger partial charge in [0.25, 0.3) is 0 Å². The zero-order valence-corrected chi connectivity index (χ0v) is 21.2. The van der Waals surface area contributed by atoms with E-state index in [2.05, 4.69) is 0 Å². The second-order valence-electron chi connectivity index (χ2n) is 10.2. The van der Waals surface area contributed by atoms with Gasteiger partial charge in [-0.25, -0.2) is 0 Å². The molecule has 2 aromatic rings. The van der Waals surface area contributed by atoms with Gasteiger partial charge in [0.05, 0.1) is 42.1 Å². The van der Waals surface area contributed by atoms with Crippen LogP contribution in [0.5, 0.6) is 17.2 Å². The van der Waals surface area contributed by atoms with Crippen LogP contribution in [-0.2, 0) is 20.7 Å². The number of aromatic hydroxyl groups is 2. The molecule has 7 N–H and O–H groups in total. The Morgan fingerprint density at radius 1 is 1.15 bits per heavy atom. The van der Waals surface area contributed by atoms with Crippen LogP contribution >= 0.6 is 0 Å². The Kier molecular flexibility index (Phi) is 6.74. The molecule has 1 unspecified atom stereocenters. The Morgan fingerprint density at radius 2 is 1.85 bits per heavy atom. The van der Waals surface area contributed by atoms with E-state index in [1.165, 1.54) is 25.3 Å². The topological polar surface area (TPSA) is 206 Å².